The van der Waals surface area contributed by atoms with Crippen molar-refractivity contribution >= 4 is 28.4 Å². The number of anilines is 3. The van der Waals surface area contributed by atoms with Gasteiger partial charge in [-0.15, -0.1) is 0 Å². The number of aromatic nitrogens is 2. The molecule has 1 aromatic heterocycles. The molecule has 0 unspecified atom stereocenters. The van der Waals surface area contributed by atoms with Gasteiger partial charge in [0.1, 0.15) is 5.82 Å². The lowest BCUT2D eigenvalue weighted by Gasteiger charge is -2.20. The minimum Gasteiger partial charge on any atom is -0.368 e. The van der Waals surface area contributed by atoms with E-state index in [1.54, 1.807) is 0 Å². The number of nitrogens with two attached hydrogens (primary N) is 1. The molecule has 0 amide bonds. The first-order valence-electron chi connectivity index (χ1n) is 6.70. The van der Waals surface area contributed by atoms with Gasteiger partial charge in [0.05, 0.1) is 5.52 Å². The summed E-state index contributed by atoms with van der Waals surface area (Å²) in [5.74, 6) is 1.22. The van der Waals surface area contributed by atoms with Gasteiger partial charge in [0.2, 0.25) is 5.95 Å². The van der Waals surface area contributed by atoms with E-state index in [-0.39, 0.29) is 0 Å². The number of hydrogen-bond acceptors (Lipinski definition) is 4. The molecule has 0 saturated heterocycles. The molecule has 0 aliphatic carbocycles. The molecule has 0 saturated carbocycles. The summed E-state index contributed by atoms with van der Waals surface area (Å²) in [6.45, 7) is 0.930. The van der Waals surface area contributed by atoms with Crippen molar-refractivity contribution in [1.82, 2.24) is 9.97 Å². The van der Waals surface area contributed by atoms with Crippen LogP contribution in [0.25, 0.3) is 10.9 Å². The van der Waals surface area contributed by atoms with Crippen molar-refractivity contribution in [3.8, 4) is 0 Å². The summed E-state index contributed by atoms with van der Waals surface area (Å²) in [5.41, 5.74) is 9.33. The van der Waals surface area contributed by atoms with E-state index < -0.39 is 0 Å². The Morgan fingerprint density at radius 1 is 0.950 bits per heavy atom. The Morgan fingerprint density at radius 3 is 2.70 bits per heavy atom. The van der Waals surface area contributed by atoms with Gasteiger partial charge in [-0.3, -0.25) is 0 Å². The van der Waals surface area contributed by atoms with Crippen LogP contribution in [-0.2, 0) is 6.42 Å². The number of rotatable bonds is 1. The van der Waals surface area contributed by atoms with Crippen LogP contribution in [0.3, 0.4) is 0 Å². The highest BCUT2D eigenvalue weighted by Crippen LogP contribution is 2.36. The largest absolute Gasteiger partial charge is 0.368 e. The third-order valence-electron chi connectivity index (χ3n) is 3.74. The van der Waals surface area contributed by atoms with Crippen LogP contribution in [-0.4, -0.2) is 16.5 Å². The fourth-order valence-corrected chi connectivity index (χ4v) is 2.84. The Balaban J connectivity index is 1.96. The molecule has 3 aromatic rings. The smallest absolute Gasteiger partial charge is 0.222 e. The maximum atomic E-state index is 5.86. The Kier molecular flexibility index (Phi) is 2.36. The van der Waals surface area contributed by atoms with Crippen LogP contribution >= 0.6 is 0 Å². The predicted octanol–water partition coefficient (Wildman–Crippen LogP) is 2.91. The predicted molar refractivity (Wildman–Crippen MR) is 81.1 cm³/mol. The summed E-state index contributed by atoms with van der Waals surface area (Å²) in [7, 11) is 0. The number of fused-ring (bicyclic) bond motifs is 2. The van der Waals surface area contributed by atoms with Gasteiger partial charge in [-0.2, -0.15) is 4.98 Å². The third-order valence-corrected chi connectivity index (χ3v) is 3.74. The Morgan fingerprint density at radius 2 is 1.75 bits per heavy atom. The topological polar surface area (TPSA) is 55.0 Å². The molecule has 4 heteroatoms. The van der Waals surface area contributed by atoms with E-state index in [1.807, 2.05) is 24.3 Å². The standard InChI is InChI=1S/C16H14N4/c17-16-18-13-7-3-2-6-12(13)15(19-16)20-10-9-11-5-1-4-8-14(11)20/h1-8H,9-10H2,(H2,17,18,19). The average Bonchev–Trinajstić information content (AvgIpc) is 2.90. The highest BCUT2D eigenvalue weighted by Gasteiger charge is 2.22. The first-order valence-corrected chi connectivity index (χ1v) is 6.70. The number of nitrogens with zero attached hydrogens (tertiary/aromatic N) is 3. The van der Waals surface area contributed by atoms with Crippen LogP contribution in [0, 0.1) is 0 Å². The first kappa shape index (κ1) is 11.2. The molecule has 4 rings (SSSR count). The molecule has 0 fully saturated rings. The van der Waals surface area contributed by atoms with Gasteiger partial charge in [0, 0.05) is 17.6 Å². The minimum atomic E-state index is 0.322. The third kappa shape index (κ3) is 1.61. The van der Waals surface area contributed by atoms with E-state index in [2.05, 4.69) is 39.1 Å². The second-order valence-electron chi connectivity index (χ2n) is 4.95. The lowest BCUT2D eigenvalue weighted by atomic mass is 10.2. The number of benzene rings is 2. The number of para-hydroxylation sites is 2. The van der Waals surface area contributed by atoms with E-state index in [9.17, 15) is 0 Å². The molecule has 0 bridgehead atoms. The van der Waals surface area contributed by atoms with Crippen molar-refractivity contribution < 1.29 is 0 Å². The lowest BCUT2D eigenvalue weighted by Crippen LogP contribution is -2.16. The highest BCUT2D eigenvalue weighted by molar-refractivity contribution is 5.93. The molecule has 0 spiro atoms. The van der Waals surface area contributed by atoms with Crippen molar-refractivity contribution in [1.29, 1.82) is 0 Å². The van der Waals surface area contributed by atoms with Crippen LogP contribution in [0.2, 0.25) is 0 Å². The second-order valence-corrected chi connectivity index (χ2v) is 4.95. The van der Waals surface area contributed by atoms with E-state index in [4.69, 9.17) is 5.73 Å². The van der Waals surface area contributed by atoms with Crippen LogP contribution in [0.4, 0.5) is 17.5 Å². The lowest BCUT2D eigenvalue weighted by molar-refractivity contribution is 0.977. The van der Waals surface area contributed by atoms with Crippen molar-refractivity contribution in [2.24, 2.45) is 0 Å². The van der Waals surface area contributed by atoms with Crippen LogP contribution in [0.5, 0.6) is 0 Å². The zero-order chi connectivity index (χ0) is 13.5. The van der Waals surface area contributed by atoms with Crippen LogP contribution in [0.1, 0.15) is 5.56 Å². The maximum Gasteiger partial charge on any atom is 0.222 e. The van der Waals surface area contributed by atoms with Crippen molar-refractivity contribution in [3.63, 3.8) is 0 Å². The monoisotopic (exact) mass is 262 g/mol. The number of hydrogen-bond donors (Lipinski definition) is 1. The first-order chi connectivity index (χ1) is 9.83. The molecule has 4 nitrogen and oxygen atoms in total. The summed E-state index contributed by atoms with van der Waals surface area (Å²) in [6.07, 6.45) is 1.04. The van der Waals surface area contributed by atoms with Crippen molar-refractivity contribution in [2.75, 3.05) is 17.2 Å². The summed E-state index contributed by atoms with van der Waals surface area (Å²) in [5, 5.41) is 1.04. The molecule has 2 N–H and O–H groups in total. The SMILES string of the molecule is Nc1nc(N2CCc3ccccc32)c2ccccc2n1. The summed E-state index contributed by atoms with van der Waals surface area (Å²) in [6, 6.07) is 16.4. The summed E-state index contributed by atoms with van der Waals surface area (Å²) >= 11 is 0. The molecule has 1 aliphatic rings. The van der Waals surface area contributed by atoms with Gasteiger partial charge in [-0.25, -0.2) is 4.98 Å². The summed E-state index contributed by atoms with van der Waals surface area (Å²) < 4.78 is 0. The summed E-state index contributed by atoms with van der Waals surface area (Å²) in [4.78, 5) is 11.0. The van der Waals surface area contributed by atoms with E-state index >= 15 is 0 Å². The highest BCUT2D eigenvalue weighted by atomic mass is 15.2. The van der Waals surface area contributed by atoms with Gasteiger partial charge < -0.3 is 10.6 Å². The van der Waals surface area contributed by atoms with E-state index in [0.29, 0.717) is 5.95 Å². The second kappa shape index (κ2) is 4.20. The van der Waals surface area contributed by atoms with Crippen molar-refractivity contribution in [3.05, 3.63) is 54.1 Å². The maximum absolute atomic E-state index is 5.86. The quantitative estimate of drug-likeness (QED) is 0.732. The van der Waals surface area contributed by atoms with Gasteiger partial charge in [-0.05, 0) is 30.2 Å². The zero-order valence-electron chi connectivity index (χ0n) is 11.0. The van der Waals surface area contributed by atoms with Gasteiger partial charge >= 0.3 is 0 Å². The number of nitrogen functional groups attached to an aromatic ring is 1. The van der Waals surface area contributed by atoms with E-state index in [1.165, 1.54) is 11.3 Å². The van der Waals surface area contributed by atoms with E-state index in [0.717, 1.165) is 29.7 Å². The molecule has 20 heavy (non-hydrogen) atoms. The molecule has 1 aliphatic heterocycles. The molecule has 98 valence electrons. The average molecular weight is 262 g/mol. The fraction of sp³-hybridized carbons (Fsp3) is 0.125. The van der Waals surface area contributed by atoms with Crippen LogP contribution < -0.4 is 10.6 Å². The molecular weight excluding hydrogens is 248 g/mol. The Labute approximate surface area is 116 Å². The molecular formula is C16H14N4. The fourth-order valence-electron chi connectivity index (χ4n) is 2.84. The molecule has 0 radical (unpaired) electrons. The normalized spacial score (nSPS) is 13.7. The Hall–Kier alpha value is -2.62. The molecule has 2 heterocycles. The van der Waals surface area contributed by atoms with Gasteiger partial charge in [-0.1, -0.05) is 30.3 Å². The van der Waals surface area contributed by atoms with Gasteiger partial charge in [0.25, 0.3) is 0 Å². The minimum absolute atomic E-state index is 0.322. The zero-order valence-corrected chi connectivity index (χ0v) is 11.0. The van der Waals surface area contributed by atoms with Gasteiger partial charge in [0.15, 0.2) is 0 Å². The Bertz CT molecular complexity index is 797. The molecule has 0 atom stereocenters. The van der Waals surface area contributed by atoms with Crippen molar-refractivity contribution in [2.45, 2.75) is 6.42 Å². The van der Waals surface area contributed by atoms with Crippen LogP contribution in [0.15, 0.2) is 48.5 Å². The molecule has 2 aromatic carbocycles.